The molecule has 1 heterocycles. The molecule has 1 rings (SSSR count). The molecule has 2 N–H and O–H groups in total. The van der Waals surface area contributed by atoms with Crippen LogP contribution in [0.5, 0.6) is 0 Å². The lowest BCUT2D eigenvalue weighted by atomic mass is 9.90. The molecule has 0 spiro atoms. The molecule has 114 valence electrons. The zero-order valence-electron chi connectivity index (χ0n) is 13.8. The van der Waals surface area contributed by atoms with Crippen molar-refractivity contribution in [3.8, 4) is 0 Å². The molecule has 0 aromatic heterocycles. The Hall–Kier alpha value is -0.120. The van der Waals surface area contributed by atoms with Gasteiger partial charge in [0.15, 0.2) is 0 Å². The number of nitrogens with one attached hydrogen (secondary N) is 1. The molecular weight excluding hydrogens is 236 g/mol. The van der Waals surface area contributed by atoms with Gasteiger partial charge in [0.1, 0.15) is 0 Å². The zero-order chi connectivity index (χ0) is 14.7. The van der Waals surface area contributed by atoms with Crippen LogP contribution in [0.25, 0.3) is 0 Å². The summed E-state index contributed by atoms with van der Waals surface area (Å²) in [6, 6.07) is 0.568. The van der Waals surface area contributed by atoms with Crippen LogP contribution in [0.3, 0.4) is 0 Å². The first-order chi connectivity index (χ1) is 8.62. The number of hydrogen-bond acceptors (Lipinski definition) is 3. The van der Waals surface area contributed by atoms with Crippen molar-refractivity contribution in [3.05, 3.63) is 0 Å². The lowest BCUT2D eigenvalue weighted by Gasteiger charge is -2.42. The van der Waals surface area contributed by atoms with Crippen LogP contribution >= 0.6 is 0 Å². The number of aliphatic hydroxyl groups is 1. The molecule has 3 heteroatoms. The van der Waals surface area contributed by atoms with Gasteiger partial charge in [-0.3, -0.25) is 4.90 Å². The molecule has 0 radical (unpaired) electrons. The average molecular weight is 270 g/mol. The van der Waals surface area contributed by atoms with Crippen molar-refractivity contribution >= 4 is 0 Å². The fourth-order valence-corrected chi connectivity index (χ4v) is 2.52. The molecule has 3 nitrogen and oxygen atoms in total. The Morgan fingerprint density at radius 3 is 2.37 bits per heavy atom. The minimum absolute atomic E-state index is 0.170. The molecule has 1 aliphatic heterocycles. The highest BCUT2D eigenvalue weighted by molar-refractivity contribution is 4.88. The van der Waals surface area contributed by atoms with Crippen molar-refractivity contribution in [1.82, 2.24) is 10.2 Å². The predicted octanol–water partition coefficient (Wildman–Crippen LogP) is 2.64. The summed E-state index contributed by atoms with van der Waals surface area (Å²) in [6.07, 6.45) is 3.83. The van der Waals surface area contributed by atoms with Crippen molar-refractivity contribution in [2.45, 2.75) is 78.0 Å². The van der Waals surface area contributed by atoms with Crippen molar-refractivity contribution in [3.63, 3.8) is 0 Å². The number of piperidine rings is 1. The molecule has 0 bridgehead atoms. The van der Waals surface area contributed by atoms with Gasteiger partial charge >= 0.3 is 0 Å². The quantitative estimate of drug-likeness (QED) is 0.806. The summed E-state index contributed by atoms with van der Waals surface area (Å²) in [6.45, 7) is 15.8. The van der Waals surface area contributed by atoms with Crippen molar-refractivity contribution in [2.75, 3.05) is 19.6 Å². The third-order valence-corrected chi connectivity index (χ3v) is 4.38. The summed E-state index contributed by atoms with van der Waals surface area (Å²) in [5, 5.41) is 14.1. The van der Waals surface area contributed by atoms with Gasteiger partial charge < -0.3 is 10.4 Å². The Bertz CT molecular complexity index is 268. The fourth-order valence-electron chi connectivity index (χ4n) is 2.52. The van der Waals surface area contributed by atoms with Crippen LogP contribution in [-0.2, 0) is 0 Å². The lowest BCUT2D eigenvalue weighted by Crippen LogP contribution is -2.54. The molecule has 1 fully saturated rings. The molecule has 0 aliphatic carbocycles. The summed E-state index contributed by atoms with van der Waals surface area (Å²) in [7, 11) is 0. The zero-order valence-corrected chi connectivity index (χ0v) is 13.8. The minimum Gasteiger partial charge on any atom is -0.389 e. The SMILES string of the molecule is CC(C)C(C)(O)CN1CCCCC1CNC(C)(C)C. The molecule has 1 aliphatic rings. The van der Waals surface area contributed by atoms with Crippen LogP contribution in [0.4, 0.5) is 0 Å². The fraction of sp³-hybridized carbons (Fsp3) is 1.00. The van der Waals surface area contributed by atoms with E-state index in [4.69, 9.17) is 0 Å². The second-order valence-electron chi connectivity index (χ2n) is 7.76. The van der Waals surface area contributed by atoms with Crippen LogP contribution < -0.4 is 5.32 Å². The Labute approximate surface area is 119 Å². The van der Waals surface area contributed by atoms with E-state index in [1.165, 1.54) is 19.3 Å². The molecule has 2 atom stereocenters. The van der Waals surface area contributed by atoms with Gasteiger partial charge in [0.25, 0.3) is 0 Å². The number of β-amino-alcohol motifs (C(OH)–C–C–N with tert-alkyl or cyclic N) is 1. The summed E-state index contributed by atoms with van der Waals surface area (Å²) in [4.78, 5) is 2.49. The largest absolute Gasteiger partial charge is 0.389 e. The van der Waals surface area contributed by atoms with E-state index in [9.17, 15) is 5.11 Å². The van der Waals surface area contributed by atoms with Gasteiger partial charge in [0, 0.05) is 24.7 Å². The minimum atomic E-state index is -0.586. The average Bonchev–Trinajstić information content (AvgIpc) is 2.26. The summed E-state index contributed by atoms with van der Waals surface area (Å²) < 4.78 is 0. The van der Waals surface area contributed by atoms with E-state index in [1.807, 2.05) is 6.92 Å². The van der Waals surface area contributed by atoms with E-state index in [1.54, 1.807) is 0 Å². The molecular formula is C16H34N2O. The maximum absolute atomic E-state index is 10.5. The van der Waals surface area contributed by atoms with E-state index in [2.05, 4.69) is 44.8 Å². The highest BCUT2D eigenvalue weighted by Gasteiger charge is 2.32. The van der Waals surface area contributed by atoms with E-state index in [-0.39, 0.29) is 5.54 Å². The smallest absolute Gasteiger partial charge is 0.0768 e. The van der Waals surface area contributed by atoms with Gasteiger partial charge in [-0.15, -0.1) is 0 Å². The van der Waals surface area contributed by atoms with Crippen LogP contribution in [0, 0.1) is 5.92 Å². The Morgan fingerprint density at radius 2 is 1.84 bits per heavy atom. The first-order valence-electron chi connectivity index (χ1n) is 7.83. The molecule has 0 aromatic rings. The molecule has 0 amide bonds. The Kier molecular flexibility index (Phi) is 5.84. The standard InChI is InChI=1S/C16H34N2O/c1-13(2)16(6,19)12-18-10-8-7-9-14(18)11-17-15(3,4)5/h13-14,17,19H,7-12H2,1-6H3. The Morgan fingerprint density at radius 1 is 1.21 bits per heavy atom. The second kappa shape index (κ2) is 6.55. The molecule has 19 heavy (non-hydrogen) atoms. The van der Waals surface area contributed by atoms with E-state index in [0.717, 1.165) is 19.6 Å². The summed E-state index contributed by atoms with van der Waals surface area (Å²) in [5.74, 6) is 0.297. The molecule has 0 aromatic carbocycles. The predicted molar refractivity (Wildman–Crippen MR) is 82.4 cm³/mol. The highest BCUT2D eigenvalue weighted by Crippen LogP contribution is 2.23. The first kappa shape index (κ1) is 16.9. The number of likely N-dealkylation sites (tertiary alicyclic amines) is 1. The van der Waals surface area contributed by atoms with Gasteiger partial charge in [-0.25, -0.2) is 0 Å². The second-order valence-corrected chi connectivity index (χ2v) is 7.76. The first-order valence-corrected chi connectivity index (χ1v) is 7.83. The summed E-state index contributed by atoms with van der Waals surface area (Å²) in [5.41, 5.74) is -0.416. The monoisotopic (exact) mass is 270 g/mol. The lowest BCUT2D eigenvalue weighted by molar-refractivity contribution is -0.0361. The van der Waals surface area contributed by atoms with Crippen LogP contribution in [0.2, 0.25) is 0 Å². The molecule has 1 saturated heterocycles. The molecule has 2 unspecified atom stereocenters. The van der Waals surface area contributed by atoms with Gasteiger partial charge in [-0.1, -0.05) is 20.3 Å². The van der Waals surface area contributed by atoms with E-state index in [0.29, 0.717) is 12.0 Å². The number of rotatable bonds is 5. The van der Waals surface area contributed by atoms with Gasteiger partial charge in [0.2, 0.25) is 0 Å². The van der Waals surface area contributed by atoms with Crippen LogP contribution in [0.15, 0.2) is 0 Å². The van der Waals surface area contributed by atoms with Crippen molar-refractivity contribution in [2.24, 2.45) is 5.92 Å². The highest BCUT2D eigenvalue weighted by atomic mass is 16.3. The number of nitrogens with zero attached hydrogens (tertiary/aromatic N) is 1. The maximum atomic E-state index is 10.5. The van der Waals surface area contributed by atoms with Crippen molar-refractivity contribution in [1.29, 1.82) is 0 Å². The molecule has 0 saturated carbocycles. The summed E-state index contributed by atoms with van der Waals surface area (Å²) >= 11 is 0. The van der Waals surface area contributed by atoms with E-state index >= 15 is 0 Å². The van der Waals surface area contributed by atoms with Crippen LogP contribution in [-0.4, -0.2) is 46.8 Å². The van der Waals surface area contributed by atoms with Crippen molar-refractivity contribution < 1.29 is 5.11 Å². The van der Waals surface area contributed by atoms with Gasteiger partial charge in [-0.2, -0.15) is 0 Å². The van der Waals surface area contributed by atoms with Crippen LogP contribution in [0.1, 0.15) is 60.8 Å². The third kappa shape index (κ3) is 5.80. The Balaban J connectivity index is 2.57. The van der Waals surface area contributed by atoms with E-state index < -0.39 is 5.60 Å². The maximum Gasteiger partial charge on any atom is 0.0768 e. The van der Waals surface area contributed by atoms with Gasteiger partial charge in [0.05, 0.1) is 5.60 Å². The number of hydrogen-bond donors (Lipinski definition) is 2. The topological polar surface area (TPSA) is 35.5 Å². The normalized spacial score (nSPS) is 25.6. The van der Waals surface area contributed by atoms with Gasteiger partial charge in [-0.05, 0) is 53.0 Å². The third-order valence-electron chi connectivity index (χ3n) is 4.38.